The fourth-order valence-electron chi connectivity index (χ4n) is 4.38. The molecule has 168 valence electrons. The first kappa shape index (κ1) is 22.5. The van der Waals surface area contributed by atoms with E-state index in [1.54, 1.807) is 30.9 Å². The van der Waals surface area contributed by atoms with Crippen LogP contribution in [0.1, 0.15) is 56.1 Å². The third kappa shape index (κ3) is 3.98. The van der Waals surface area contributed by atoms with Crippen molar-refractivity contribution in [2.45, 2.75) is 52.0 Å². The van der Waals surface area contributed by atoms with E-state index in [4.69, 9.17) is 6.57 Å². The Balaban J connectivity index is 1.62. The minimum Gasteiger partial charge on any atom is -0.324 e. The smallest absolute Gasteiger partial charge is 0.255 e. The number of carbonyl (C=O) groups is 2. The maximum atomic E-state index is 13.4. The summed E-state index contributed by atoms with van der Waals surface area (Å²) in [4.78, 5) is 32.0. The average Bonchev–Trinajstić information content (AvgIpc) is 2.78. The SMILES string of the molecule is [C-]#[N+]c1ccc(NC(=O)C(C)(C)N2CCc3cc(C(C)(C)C)ccc3C2=O)c2ccccc12. The Hall–Kier alpha value is -3.65. The van der Waals surface area contributed by atoms with Gasteiger partial charge in [-0.1, -0.05) is 63.2 Å². The molecule has 1 heterocycles. The third-order valence-electron chi connectivity index (χ3n) is 6.55. The van der Waals surface area contributed by atoms with Gasteiger partial charge in [-0.05, 0) is 59.7 Å². The predicted octanol–water partition coefficient (Wildman–Crippen LogP) is 6.10. The summed E-state index contributed by atoms with van der Waals surface area (Å²) in [6.07, 6.45) is 0.713. The molecule has 4 rings (SSSR count). The lowest BCUT2D eigenvalue weighted by atomic mass is 9.83. The Labute approximate surface area is 195 Å². The zero-order chi connectivity index (χ0) is 24.0. The lowest BCUT2D eigenvalue weighted by Gasteiger charge is -2.40. The maximum Gasteiger partial charge on any atom is 0.255 e. The molecular weight excluding hydrogens is 410 g/mol. The Bertz CT molecular complexity index is 1310. The van der Waals surface area contributed by atoms with Gasteiger partial charge in [-0.2, -0.15) is 0 Å². The number of nitrogens with one attached hydrogen (secondary N) is 1. The highest BCUT2D eigenvalue weighted by molar-refractivity contribution is 6.10. The molecule has 0 aromatic heterocycles. The molecule has 0 saturated carbocycles. The van der Waals surface area contributed by atoms with Crippen molar-refractivity contribution in [2.75, 3.05) is 11.9 Å². The molecule has 0 radical (unpaired) electrons. The molecule has 1 N–H and O–H groups in total. The number of hydrogen-bond acceptors (Lipinski definition) is 2. The quantitative estimate of drug-likeness (QED) is 0.501. The van der Waals surface area contributed by atoms with Gasteiger partial charge in [0.05, 0.1) is 6.57 Å². The number of hydrogen-bond donors (Lipinski definition) is 1. The number of nitrogens with zero attached hydrogens (tertiary/aromatic N) is 2. The normalized spacial score (nSPS) is 14.1. The van der Waals surface area contributed by atoms with Crippen LogP contribution in [-0.4, -0.2) is 28.8 Å². The van der Waals surface area contributed by atoms with Crippen LogP contribution in [0.2, 0.25) is 0 Å². The third-order valence-corrected chi connectivity index (χ3v) is 6.55. The Morgan fingerprint density at radius 1 is 1.00 bits per heavy atom. The average molecular weight is 440 g/mol. The van der Waals surface area contributed by atoms with Crippen LogP contribution in [0.5, 0.6) is 0 Å². The van der Waals surface area contributed by atoms with Gasteiger partial charge in [-0.15, -0.1) is 0 Å². The summed E-state index contributed by atoms with van der Waals surface area (Å²) in [6, 6.07) is 17.0. The molecule has 33 heavy (non-hydrogen) atoms. The maximum absolute atomic E-state index is 13.4. The van der Waals surface area contributed by atoms with Crippen LogP contribution in [0.25, 0.3) is 15.6 Å². The van der Waals surface area contributed by atoms with Crippen LogP contribution < -0.4 is 5.32 Å². The van der Waals surface area contributed by atoms with Crippen molar-refractivity contribution >= 4 is 34.0 Å². The zero-order valence-electron chi connectivity index (χ0n) is 19.8. The summed E-state index contributed by atoms with van der Waals surface area (Å²) in [5, 5.41) is 4.61. The summed E-state index contributed by atoms with van der Waals surface area (Å²) in [6.45, 7) is 17.9. The molecule has 1 aliphatic rings. The fraction of sp³-hybridized carbons (Fsp3) is 0.321. The minimum absolute atomic E-state index is 0.0138. The minimum atomic E-state index is -1.04. The molecular formula is C28H29N3O2. The number of rotatable bonds is 3. The van der Waals surface area contributed by atoms with Crippen LogP contribution in [0.3, 0.4) is 0 Å². The zero-order valence-corrected chi connectivity index (χ0v) is 19.8. The number of carbonyl (C=O) groups excluding carboxylic acids is 2. The molecule has 1 aliphatic heterocycles. The molecule has 5 heteroatoms. The van der Waals surface area contributed by atoms with Crippen molar-refractivity contribution < 1.29 is 9.59 Å². The molecule has 2 amide bonds. The van der Waals surface area contributed by atoms with Crippen LogP contribution >= 0.6 is 0 Å². The Morgan fingerprint density at radius 2 is 1.70 bits per heavy atom. The van der Waals surface area contributed by atoms with Gasteiger partial charge in [0.25, 0.3) is 5.91 Å². The first-order chi connectivity index (χ1) is 15.5. The molecule has 0 unspecified atom stereocenters. The van der Waals surface area contributed by atoms with Crippen LogP contribution in [0.15, 0.2) is 54.6 Å². The number of benzene rings is 3. The van der Waals surface area contributed by atoms with Crippen molar-refractivity contribution in [2.24, 2.45) is 0 Å². The van der Waals surface area contributed by atoms with Gasteiger partial charge in [0.2, 0.25) is 5.91 Å². The van der Waals surface area contributed by atoms with Crippen molar-refractivity contribution in [3.8, 4) is 0 Å². The van der Waals surface area contributed by atoms with Gasteiger partial charge in [-0.25, -0.2) is 4.85 Å². The molecule has 0 spiro atoms. The fourth-order valence-corrected chi connectivity index (χ4v) is 4.38. The van der Waals surface area contributed by atoms with E-state index < -0.39 is 5.54 Å². The largest absolute Gasteiger partial charge is 0.324 e. The van der Waals surface area contributed by atoms with Crippen LogP contribution in [0.4, 0.5) is 11.4 Å². The molecule has 5 nitrogen and oxygen atoms in total. The van der Waals surface area contributed by atoms with Gasteiger partial charge in [0, 0.05) is 17.8 Å². The molecule has 3 aromatic rings. The van der Waals surface area contributed by atoms with E-state index in [2.05, 4.69) is 37.0 Å². The van der Waals surface area contributed by atoms with Gasteiger partial charge >= 0.3 is 0 Å². The van der Waals surface area contributed by atoms with Crippen molar-refractivity contribution in [3.63, 3.8) is 0 Å². The number of amides is 2. The summed E-state index contributed by atoms with van der Waals surface area (Å²) in [5.74, 6) is -0.378. The highest BCUT2D eigenvalue weighted by Gasteiger charge is 2.40. The van der Waals surface area contributed by atoms with Crippen LogP contribution in [0, 0.1) is 6.57 Å². The molecule has 0 bridgehead atoms. The van der Waals surface area contributed by atoms with Crippen molar-refractivity contribution in [3.05, 3.63) is 82.7 Å². The van der Waals surface area contributed by atoms with Gasteiger partial charge in [0.1, 0.15) is 5.54 Å². The first-order valence-electron chi connectivity index (χ1n) is 11.2. The van der Waals surface area contributed by atoms with E-state index >= 15 is 0 Å². The van der Waals surface area contributed by atoms with E-state index in [0.717, 1.165) is 16.3 Å². The Kier molecular flexibility index (Phi) is 5.49. The lowest BCUT2D eigenvalue weighted by molar-refractivity contribution is -0.125. The molecule has 0 saturated heterocycles. The lowest BCUT2D eigenvalue weighted by Crippen LogP contribution is -2.57. The summed E-state index contributed by atoms with van der Waals surface area (Å²) in [5.41, 5.74) is 3.06. The van der Waals surface area contributed by atoms with Crippen molar-refractivity contribution in [1.29, 1.82) is 0 Å². The van der Waals surface area contributed by atoms with Crippen LogP contribution in [-0.2, 0) is 16.6 Å². The summed E-state index contributed by atoms with van der Waals surface area (Å²) in [7, 11) is 0. The van der Waals surface area contributed by atoms with Gasteiger partial charge in [0.15, 0.2) is 5.69 Å². The van der Waals surface area contributed by atoms with E-state index in [1.807, 2.05) is 36.4 Å². The molecule has 0 fully saturated rings. The second-order valence-corrected chi connectivity index (χ2v) is 10.1. The Morgan fingerprint density at radius 3 is 2.36 bits per heavy atom. The van der Waals surface area contributed by atoms with Gasteiger partial charge in [-0.3, -0.25) is 9.59 Å². The van der Waals surface area contributed by atoms with E-state index in [-0.39, 0.29) is 17.2 Å². The molecule has 0 aliphatic carbocycles. The number of fused-ring (bicyclic) bond motifs is 2. The molecule has 0 atom stereocenters. The highest BCUT2D eigenvalue weighted by Crippen LogP contribution is 2.34. The van der Waals surface area contributed by atoms with E-state index in [9.17, 15) is 9.59 Å². The standard InChI is InChI=1S/C28H29N3O2/c1-27(2,3)19-11-12-20-18(17-19)15-16-31(25(20)32)28(4,5)26(33)30-24-14-13-23(29-6)21-9-7-8-10-22(21)24/h7-14,17H,15-16H2,1-5H3,(H,30,33). The molecule has 3 aromatic carbocycles. The summed E-state index contributed by atoms with van der Waals surface area (Å²) >= 11 is 0. The van der Waals surface area contributed by atoms with Gasteiger partial charge < -0.3 is 10.2 Å². The number of anilines is 1. The monoisotopic (exact) mass is 439 g/mol. The summed E-state index contributed by atoms with van der Waals surface area (Å²) < 4.78 is 0. The first-order valence-corrected chi connectivity index (χ1v) is 11.2. The predicted molar refractivity (Wildman–Crippen MR) is 133 cm³/mol. The van der Waals surface area contributed by atoms with E-state index in [1.165, 1.54) is 5.56 Å². The second-order valence-electron chi connectivity index (χ2n) is 10.1. The topological polar surface area (TPSA) is 53.8 Å². The second kappa shape index (κ2) is 8.04. The highest BCUT2D eigenvalue weighted by atomic mass is 16.2. The van der Waals surface area contributed by atoms with Crippen molar-refractivity contribution in [1.82, 2.24) is 4.90 Å². The van der Waals surface area contributed by atoms with E-state index in [0.29, 0.717) is 29.9 Å².